The molecule has 13 heavy (non-hydrogen) atoms. The van der Waals surface area contributed by atoms with Crippen LogP contribution >= 0.6 is 0 Å². The first kappa shape index (κ1) is 10.2. The first-order valence-electron chi connectivity index (χ1n) is 4.58. The van der Waals surface area contributed by atoms with Crippen LogP contribution in [0.25, 0.3) is 0 Å². The van der Waals surface area contributed by atoms with E-state index in [1.54, 1.807) is 12.5 Å². The van der Waals surface area contributed by atoms with Crippen LogP contribution in [0, 0.1) is 0 Å². The summed E-state index contributed by atoms with van der Waals surface area (Å²) < 4.78 is 2.01. The van der Waals surface area contributed by atoms with Gasteiger partial charge >= 0.3 is 0 Å². The van der Waals surface area contributed by atoms with Crippen molar-refractivity contribution in [2.24, 2.45) is 5.73 Å². The molecule has 0 aliphatic carbocycles. The molecule has 74 valence electrons. The number of hydrogen-bond acceptors (Lipinski definition) is 3. The molecule has 0 amide bonds. The number of rotatable bonds is 4. The Kier molecular flexibility index (Phi) is 3.45. The Bertz CT molecular complexity index is 235. The topological polar surface area (TPSA) is 64.1 Å². The van der Waals surface area contributed by atoms with E-state index in [2.05, 4.69) is 18.8 Å². The van der Waals surface area contributed by atoms with Gasteiger partial charge in [-0.1, -0.05) is 6.92 Å². The highest BCUT2D eigenvalue weighted by Crippen LogP contribution is 2.17. The van der Waals surface area contributed by atoms with Crippen LogP contribution in [0.1, 0.15) is 38.0 Å². The van der Waals surface area contributed by atoms with E-state index in [-0.39, 0.29) is 12.6 Å². The number of nitrogens with two attached hydrogens (primary N) is 1. The van der Waals surface area contributed by atoms with Gasteiger partial charge in [0.25, 0.3) is 0 Å². The third-order valence-electron chi connectivity index (χ3n) is 2.34. The minimum atomic E-state index is -0.323. The quantitative estimate of drug-likeness (QED) is 0.727. The average molecular weight is 183 g/mol. The van der Waals surface area contributed by atoms with Crippen molar-refractivity contribution >= 4 is 0 Å². The van der Waals surface area contributed by atoms with Crippen molar-refractivity contribution in [1.29, 1.82) is 0 Å². The highest BCUT2D eigenvalue weighted by molar-refractivity contribution is 5.05. The first-order valence-corrected chi connectivity index (χ1v) is 4.58. The van der Waals surface area contributed by atoms with Crippen molar-refractivity contribution in [3.05, 3.63) is 18.2 Å². The van der Waals surface area contributed by atoms with Crippen molar-refractivity contribution in [3.8, 4) is 0 Å². The van der Waals surface area contributed by atoms with Gasteiger partial charge in [0.2, 0.25) is 0 Å². The zero-order valence-electron chi connectivity index (χ0n) is 8.14. The molecule has 0 aliphatic rings. The van der Waals surface area contributed by atoms with Crippen molar-refractivity contribution in [2.45, 2.75) is 32.4 Å². The molecule has 0 spiro atoms. The van der Waals surface area contributed by atoms with E-state index in [4.69, 9.17) is 10.8 Å². The number of aliphatic hydroxyl groups excluding tert-OH is 1. The zero-order chi connectivity index (χ0) is 9.84. The van der Waals surface area contributed by atoms with E-state index >= 15 is 0 Å². The fraction of sp³-hybridized carbons (Fsp3) is 0.667. The molecule has 0 saturated heterocycles. The fourth-order valence-corrected chi connectivity index (χ4v) is 1.26. The fourth-order valence-electron chi connectivity index (χ4n) is 1.26. The molecule has 0 fully saturated rings. The minimum absolute atomic E-state index is 0.0396. The lowest BCUT2D eigenvalue weighted by molar-refractivity contribution is 0.261. The maximum Gasteiger partial charge on any atom is 0.0951 e. The maximum absolute atomic E-state index is 8.92. The summed E-state index contributed by atoms with van der Waals surface area (Å²) in [7, 11) is 0. The number of hydrogen-bond donors (Lipinski definition) is 2. The summed E-state index contributed by atoms with van der Waals surface area (Å²) in [4.78, 5) is 4.03. The van der Waals surface area contributed by atoms with Crippen molar-refractivity contribution in [2.75, 3.05) is 6.61 Å². The second-order valence-corrected chi connectivity index (χ2v) is 3.27. The average Bonchev–Trinajstić information content (AvgIpc) is 2.63. The Balaban J connectivity index is 2.88. The molecule has 1 rings (SSSR count). The number of nitrogens with zero attached hydrogens (tertiary/aromatic N) is 2. The SMILES string of the molecule is CCC(C)n1cncc1C(N)CO. The molecule has 2 unspecified atom stereocenters. The Morgan fingerprint density at radius 1 is 1.69 bits per heavy atom. The highest BCUT2D eigenvalue weighted by Gasteiger charge is 2.13. The van der Waals surface area contributed by atoms with Crippen LogP contribution in [0.5, 0.6) is 0 Å². The normalized spacial score (nSPS) is 15.7. The lowest BCUT2D eigenvalue weighted by Gasteiger charge is -2.17. The molecule has 2 atom stereocenters. The van der Waals surface area contributed by atoms with Gasteiger partial charge < -0.3 is 15.4 Å². The van der Waals surface area contributed by atoms with Gasteiger partial charge in [-0.2, -0.15) is 0 Å². The zero-order valence-corrected chi connectivity index (χ0v) is 8.14. The van der Waals surface area contributed by atoms with E-state index in [1.165, 1.54) is 0 Å². The van der Waals surface area contributed by atoms with E-state index in [9.17, 15) is 0 Å². The van der Waals surface area contributed by atoms with Crippen molar-refractivity contribution < 1.29 is 5.11 Å². The second kappa shape index (κ2) is 4.39. The Morgan fingerprint density at radius 2 is 2.38 bits per heavy atom. The summed E-state index contributed by atoms with van der Waals surface area (Å²) in [5.41, 5.74) is 6.62. The van der Waals surface area contributed by atoms with Gasteiger partial charge in [0, 0.05) is 12.2 Å². The molecular weight excluding hydrogens is 166 g/mol. The van der Waals surface area contributed by atoms with E-state index < -0.39 is 0 Å². The van der Waals surface area contributed by atoms with Gasteiger partial charge in [0.05, 0.1) is 24.7 Å². The Hall–Kier alpha value is -0.870. The molecule has 0 radical (unpaired) electrons. The molecule has 1 heterocycles. The molecule has 0 aromatic carbocycles. The molecule has 4 heteroatoms. The standard InChI is InChI=1S/C9H17N3O/c1-3-7(2)12-6-11-4-9(12)8(10)5-13/h4,6-8,13H,3,5,10H2,1-2H3. The second-order valence-electron chi connectivity index (χ2n) is 3.27. The van der Waals surface area contributed by atoms with Gasteiger partial charge in [-0.15, -0.1) is 0 Å². The van der Waals surface area contributed by atoms with Gasteiger partial charge in [0.15, 0.2) is 0 Å². The predicted octanol–water partition coefficient (Wildman–Crippen LogP) is 0.846. The van der Waals surface area contributed by atoms with Crippen molar-refractivity contribution in [3.63, 3.8) is 0 Å². The third-order valence-corrected chi connectivity index (χ3v) is 2.34. The number of imidazole rings is 1. The van der Waals surface area contributed by atoms with Crippen LogP contribution in [0.3, 0.4) is 0 Å². The van der Waals surface area contributed by atoms with Crippen LogP contribution in [-0.2, 0) is 0 Å². The molecule has 3 N–H and O–H groups in total. The molecule has 0 bridgehead atoms. The lowest BCUT2D eigenvalue weighted by Crippen LogP contribution is -2.20. The van der Waals surface area contributed by atoms with Crippen LogP contribution < -0.4 is 5.73 Å². The predicted molar refractivity (Wildman–Crippen MR) is 51.2 cm³/mol. The first-order chi connectivity index (χ1) is 6.20. The maximum atomic E-state index is 8.92. The molecule has 1 aromatic heterocycles. The summed E-state index contributed by atoms with van der Waals surface area (Å²) in [5.74, 6) is 0. The summed E-state index contributed by atoms with van der Waals surface area (Å²) in [6.45, 7) is 4.18. The number of aliphatic hydroxyl groups is 1. The minimum Gasteiger partial charge on any atom is -0.394 e. The number of aromatic nitrogens is 2. The molecule has 4 nitrogen and oxygen atoms in total. The largest absolute Gasteiger partial charge is 0.394 e. The van der Waals surface area contributed by atoms with Crippen LogP contribution in [0.15, 0.2) is 12.5 Å². The summed E-state index contributed by atoms with van der Waals surface area (Å²) in [5, 5.41) is 8.92. The molecule has 0 saturated carbocycles. The van der Waals surface area contributed by atoms with E-state index in [0.717, 1.165) is 12.1 Å². The smallest absolute Gasteiger partial charge is 0.0951 e. The van der Waals surface area contributed by atoms with Crippen LogP contribution in [0.2, 0.25) is 0 Å². The Labute approximate surface area is 78.4 Å². The highest BCUT2D eigenvalue weighted by atomic mass is 16.3. The summed E-state index contributed by atoms with van der Waals surface area (Å²) >= 11 is 0. The van der Waals surface area contributed by atoms with Crippen molar-refractivity contribution in [1.82, 2.24) is 9.55 Å². The van der Waals surface area contributed by atoms with Crippen LogP contribution in [-0.4, -0.2) is 21.3 Å². The van der Waals surface area contributed by atoms with Crippen LogP contribution in [0.4, 0.5) is 0 Å². The van der Waals surface area contributed by atoms with Gasteiger partial charge in [-0.05, 0) is 13.3 Å². The van der Waals surface area contributed by atoms with Gasteiger partial charge in [-0.3, -0.25) is 0 Å². The van der Waals surface area contributed by atoms with Gasteiger partial charge in [0.1, 0.15) is 0 Å². The lowest BCUT2D eigenvalue weighted by atomic mass is 10.2. The summed E-state index contributed by atoms with van der Waals surface area (Å²) in [6.07, 6.45) is 4.51. The molecule has 0 aliphatic heterocycles. The third kappa shape index (κ3) is 2.08. The van der Waals surface area contributed by atoms with Gasteiger partial charge in [-0.25, -0.2) is 4.98 Å². The summed E-state index contributed by atoms with van der Waals surface area (Å²) in [6, 6.07) is 0.0617. The Morgan fingerprint density at radius 3 is 2.92 bits per heavy atom. The van der Waals surface area contributed by atoms with E-state index in [1.807, 2.05) is 4.57 Å². The molecular formula is C9H17N3O. The van der Waals surface area contributed by atoms with E-state index in [0.29, 0.717) is 6.04 Å². The monoisotopic (exact) mass is 183 g/mol. The molecule has 1 aromatic rings.